The average Bonchev–Trinajstić information content (AvgIpc) is 2.50. The summed E-state index contributed by atoms with van der Waals surface area (Å²) in [6.45, 7) is 1.93. The maximum atomic E-state index is 11.9. The number of carbonyl (C=O) groups is 1. The Labute approximate surface area is 134 Å². The summed E-state index contributed by atoms with van der Waals surface area (Å²) in [6.07, 6.45) is 6.90. The quantitative estimate of drug-likeness (QED) is 0.549. The van der Waals surface area contributed by atoms with E-state index < -0.39 is 0 Å². The largest absolute Gasteiger partial charge is 0.493 e. The number of nitrogens with zero attached hydrogens (tertiary/aromatic N) is 1. The second-order valence-corrected chi connectivity index (χ2v) is 6.58. The molecule has 0 saturated heterocycles. The van der Waals surface area contributed by atoms with Crippen LogP contribution in [0.4, 0.5) is 0 Å². The third-order valence-electron chi connectivity index (χ3n) is 3.78. The summed E-state index contributed by atoms with van der Waals surface area (Å²) >= 11 is 1.13. The molecule has 0 aromatic carbocycles. The molecule has 0 bridgehead atoms. The van der Waals surface area contributed by atoms with Gasteiger partial charge in [-0.05, 0) is 19.3 Å². The van der Waals surface area contributed by atoms with Gasteiger partial charge >= 0.3 is 0 Å². The average molecular weight is 325 g/mol. The second kappa shape index (κ2) is 8.22. The van der Waals surface area contributed by atoms with Crippen molar-refractivity contribution >= 4 is 17.7 Å². The van der Waals surface area contributed by atoms with Gasteiger partial charge in [-0.25, -0.2) is 0 Å². The van der Waals surface area contributed by atoms with Crippen LogP contribution in [0.15, 0.2) is 9.95 Å². The third kappa shape index (κ3) is 4.76. The number of aromatic hydroxyl groups is 1. The third-order valence-corrected chi connectivity index (χ3v) is 4.66. The molecular weight excluding hydrogens is 302 g/mol. The number of amides is 1. The molecule has 1 aliphatic carbocycles. The molecule has 3 N–H and O–H groups in total. The maximum Gasteiger partial charge on any atom is 0.258 e. The van der Waals surface area contributed by atoms with Gasteiger partial charge in [-0.15, -0.1) is 0 Å². The predicted octanol–water partition coefficient (Wildman–Crippen LogP) is 1.97. The van der Waals surface area contributed by atoms with E-state index in [1.807, 2.05) is 6.92 Å². The van der Waals surface area contributed by atoms with E-state index in [0.29, 0.717) is 12.0 Å². The molecule has 22 heavy (non-hydrogen) atoms. The summed E-state index contributed by atoms with van der Waals surface area (Å²) in [4.78, 5) is 30.3. The van der Waals surface area contributed by atoms with Crippen molar-refractivity contribution in [3.8, 4) is 5.88 Å². The van der Waals surface area contributed by atoms with E-state index >= 15 is 0 Å². The molecule has 122 valence electrons. The molecule has 0 spiro atoms. The zero-order chi connectivity index (χ0) is 15.9. The van der Waals surface area contributed by atoms with Crippen LogP contribution in [0.25, 0.3) is 0 Å². The first-order valence-corrected chi connectivity index (χ1v) is 8.83. The van der Waals surface area contributed by atoms with Crippen LogP contribution in [0.2, 0.25) is 0 Å². The van der Waals surface area contributed by atoms with Crippen molar-refractivity contribution in [1.29, 1.82) is 0 Å². The lowest BCUT2D eigenvalue weighted by Crippen LogP contribution is -2.37. The van der Waals surface area contributed by atoms with Gasteiger partial charge < -0.3 is 15.4 Å². The first-order valence-electron chi connectivity index (χ1n) is 7.84. The molecule has 1 aromatic rings. The van der Waals surface area contributed by atoms with Crippen LogP contribution < -0.4 is 10.9 Å². The number of aromatic amines is 1. The second-order valence-electron chi connectivity index (χ2n) is 5.61. The normalized spacial score (nSPS) is 15.7. The Balaban J connectivity index is 1.88. The molecule has 1 aliphatic rings. The first kappa shape index (κ1) is 16.9. The highest BCUT2D eigenvalue weighted by molar-refractivity contribution is 7.99. The van der Waals surface area contributed by atoms with Gasteiger partial charge in [-0.1, -0.05) is 44.4 Å². The van der Waals surface area contributed by atoms with Crippen molar-refractivity contribution in [1.82, 2.24) is 15.3 Å². The van der Waals surface area contributed by atoms with Crippen molar-refractivity contribution < 1.29 is 9.90 Å². The summed E-state index contributed by atoms with van der Waals surface area (Å²) in [5, 5.41) is 13.1. The lowest BCUT2D eigenvalue weighted by molar-refractivity contribution is -0.119. The van der Waals surface area contributed by atoms with Crippen molar-refractivity contribution in [2.45, 2.75) is 63.1 Å². The fraction of sp³-hybridized carbons (Fsp3) is 0.667. The van der Waals surface area contributed by atoms with Gasteiger partial charge in [0.2, 0.25) is 11.8 Å². The van der Waals surface area contributed by atoms with Gasteiger partial charge in [0.15, 0.2) is 5.16 Å². The summed E-state index contributed by atoms with van der Waals surface area (Å²) in [5.41, 5.74) is -0.0250. The van der Waals surface area contributed by atoms with E-state index in [1.165, 1.54) is 19.3 Å². The van der Waals surface area contributed by atoms with E-state index in [1.54, 1.807) is 0 Å². The molecule has 7 heteroatoms. The minimum atomic E-state index is -0.329. The topological polar surface area (TPSA) is 95.1 Å². The molecule has 0 aliphatic heterocycles. The smallest absolute Gasteiger partial charge is 0.258 e. The highest BCUT2D eigenvalue weighted by Gasteiger charge is 2.16. The van der Waals surface area contributed by atoms with Crippen LogP contribution in [-0.4, -0.2) is 32.8 Å². The Morgan fingerprint density at radius 3 is 2.77 bits per heavy atom. The Hall–Kier alpha value is -1.50. The number of rotatable bonds is 6. The number of hydrogen-bond donors (Lipinski definition) is 3. The van der Waals surface area contributed by atoms with Crippen LogP contribution >= 0.6 is 11.8 Å². The molecule has 1 saturated carbocycles. The van der Waals surface area contributed by atoms with Crippen LogP contribution in [-0.2, 0) is 11.2 Å². The zero-order valence-electron chi connectivity index (χ0n) is 12.9. The lowest BCUT2D eigenvalue weighted by atomic mass is 9.95. The molecule has 1 fully saturated rings. The summed E-state index contributed by atoms with van der Waals surface area (Å²) < 4.78 is 0. The predicted molar refractivity (Wildman–Crippen MR) is 86.3 cm³/mol. The van der Waals surface area contributed by atoms with Crippen LogP contribution in [0.1, 0.15) is 51.0 Å². The van der Waals surface area contributed by atoms with Crippen molar-refractivity contribution in [2.24, 2.45) is 0 Å². The Bertz CT molecular complexity index is 568. The highest BCUT2D eigenvalue weighted by atomic mass is 32.2. The van der Waals surface area contributed by atoms with Crippen LogP contribution in [0, 0.1) is 0 Å². The van der Waals surface area contributed by atoms with Crippen molar-refractivity contribution in [3.63, 3.8) is 0 Å². The highest BCUT2D eigenvalue weighted by Crippen LogP contribution is 2.19. The van der Waals surface area contributed by atoms with E-state index in [2.05, 4.69) is 15.3 Å². The summed E-state index contributed by atoms with van der Waals surface area (Å²) in [6, 6.07) is 0.272. The zero-order valence-corrected chi connectivity index (χ0v) is 13.7. The van der Waals surface area contributed by atoms with Gasteiger partial charge in [0, 0.05) is 6.04 Å². The van der Waals surface area contributed by atoms with Gasteiger partial charge in [0.25, 0.3) is 5.56 Å². The number of H-pyrrole nitrogens is 1. The van der Waals surface area contributed by atoms with E-state index in [0.717, 1.165) is 31.0 Å². The van der Waals surface area contributed by atoms with E-state index in [9.17, 15) is 14.7 Å². The molecule has 1 heterocycles. The van der Waals surface area contributed by atoms with E-state index in [4.69, 9.17) is 0 Å². The lowest BCUT2D eigenvalue weighted by Gasteiger charge is -2.22. The number of thioether (sulfide) groups is 1. The number of nitrogens with one attached hydrogen (secondary N) is 2. The number of aromatic nitrogens is 2. The van der Waals surface area contributed by atoms with Gasteiger partial charge in [0.05, 0.1) is 11.3 Å². The molecule has 0 unspecified atom stereocenters. The standard InChI is InChI=1S/C15H23N3O3S/c1-2-6-11-13(20)17-15(18-14(11)21)22-9-12(19)16-10-7-4-3-5-8-10/h10H,2-9H2,1H3,(H,16,19)(H2,17,18,20,21). The molecule has 1 amide bonds. The Morgan fingerprint density at radius 2 is 2.14 bits per heavy atom. The molecule has 1 aromatic heterocycles. The van der Waals surface area contributed by atoms with Gasteiger partial charge in [-0.2, -0.15) is 4.98 Å². The van der Waals surface area contributed by atoms with Crippen molar-refractivity contribution in [2.75, 3.05) is 5.75 Å². The molecule has 0 atom stereocenters. The fourth-order valence-electron chi connectivity index (χ4n) is 2.66. The molecule has 2 rings (SSSR count). The Morgan fingerprint density at radius 1 is 1.41 bits per heavy atom. The minimum Gasteiger partial charge on any atom is -0.493 e. The SMILES string of the molecule is CCCc1c(O)nc(SCC(=O)NC2CCCCC2)[nH]c1=O. The summed E-state index contributed by atoms with van der Waals surface area (Å²) in [7, 11) is 0. The minimum absolute atomic E-state index is 0.0586. The molecular formula is C15H23N3O3S. The number of hydrogen-bond acceptors (Lipinski definition) is 5. The van der Waals surface area contributed by atoms with Gasteiger partial charge in [-0.3, -0.25) is 9.59 Å². The monoisotopic (exact) mass is 325 g/mol. The molecule has 6 nitrogen and oxygen atoms in total. The van der Waals surface area contributed by atoms with Crippen LogP contribution in [0.3, 0.4) is 0 Å². The van der Waals surface area contributed by atoms with Crippen LogP contribution in [0.5, 0.6) is 5.88 Å². The Kier molecular flexibility index (Phi) is 6.30. The first-order chi connectivity index (χ1) is 10.6. The fourth-order valence-corrected chi connectivity index (χ4v) is 3.33. The van der Waals surface area contributed by atoms with E-state index in [-0.39, 0.29) is 34.3 Å². The van der Waals surface area contributed by atoms with Crippen molar-refractivity contribution in [3.05, 3.63) is 15.9 Å². The molecule has 0 radical (unpaired) electrons. The maximum absolute atomic E-state index is 11.9. The summed E-state index contributed by atoms with van der Waals surface area (Å²) in [5.74, 6) is -0.108. The number of carbonyl (C=O) groups excluding carboxylic acids is 1. The van der Waals surface area contributed by atoms with Gasteiger partial charge in [0.1, 0.15) is 0 Å².